The van der Waals surface area contributed by atoms with Gasteiger partial charge in [0.25, 0.3) is 0 Å². The number of nitrogens with two attached hydrogens (primary N) is 1. The summed E-state index contributed by atoms with van der Waals surface area (Å²) < 4.78 is 0. The number of rotatable bonds is 0. The molecule has 0 aliphatic heterocycles. The van der Waals surface area contributed by atoms with E-state index in [0.717, 1.165) is 25.2 Å². The molecule has 4 bridgehead atoms. The van der Waals surface area contributed by atoms with E-state index in [-0.39, 0.29) is 18.0 Å². The fraction of sp³-hybridized carbons (Fsp3) is 1.00. The Labute approximate surface area is 85.3 Å². The van der Waals surface area contributed by atoms with Crippen molar-refractivity contribution in [2.45, 2.75) is 43.7 Å². The minimum atomic E-state index is -0.299. The van der Waals surface area contributed by atoms with Gasteiger partial charge in [0.05, 0.1) is 5.60 Å². The van der Waals surface area contributed by atoms with Crippen LogP contribution in [-0.2, 0) is 0 Å². The van der Waals surface area contributed by atoms with Crippen molar-refractivity contribution in [3.63, 3.8) is 0 Å². The van der Waals surface area contributed by atoms with E-state index >= 15 is 0 Å². The molecule has 0 radical (unpaired) electrons. The fourth-order valence-electron chi connectivity index (χ4n) is 4.02. The first-order valence-corrected chi connectivity index (χ1v) is 5.14. The van der Waals surface area contributed by atoms with Crippen molar-refractivity contribution in [3.05, 3.63) is 0 Å². The molecule has 0 spiro atoms. The SMILES string of the molecule is Cl.N[C@@H]1C2CC3C[C@H]1C[C@@](O)(C3)C2. The molecule has 3 heteroatoms. The van der Waals surface area contributed by atoms with Crippen molar-refractivity contribution < 1.29 is 5.11 Å². The zero-order chi connectivity index (χ0) is 8.34. The van der Waals surface area contributed by atoms with E-state index in [4.69, 9.17) is 5.73 Å². The maximum atomic E-state index is 10.2. The van der Waals surface area contributed by atoms with E-state index in [1.165, 1.54) is 12.8 Å². The van der Waals surface area contributed by atoms with Crippen LogP contribution in [0.25, 0.3) is 0 Å². The standard InChI is InChI=1S/C10H17NO.ClH/c11-9-7-1-6-2-8(9)5-10(12,3-6)4-7;/h6-9,12H,1-5,11H2;1H/t6?,7-,8?,9-,10-;/m0./s1. The normalized spacial score (nSPS) is 57.7. The molecule has 3 N–H and O–H groups in total. The topological polar surface area (TPSA) is 46.2 Å². The van der Waals surface area contributed by atoms with Gasteiger partial charge in [-0.2, -0.15) is 0 Å². The highest BCUT2D eigenvalue weighted by molar-refractivity contribution is 5.85. The summed E-state index contributed by atoms with van der Waals surface area (Å²) in [5.74, 6) is 2.08. The van der Waals surface area contributed by atoms with Crippen LogP contribution in [0.1, 0.15) is 32.1 Å². The Kier molecular flexibility index (Phi) is 2.14. The summed E-state index contributed by atoms with van der Waals surface area (Å²) in [5, 5.41) is 10.2. The van der Waals surface area contributed by atoms with Crippen molar-refractivity contribution >= 4 is 12.4 Å². The van der Waals surface area contributed by atoms with Crippen LogP contribution >= 0.6 is 12.4 Å². The Bertz CT molecular complexity index is 205. The van der Waals surface area contributed by atoms with Gasteiger partial charge in [-0.05, 0) is 49.9 Å². The van der Waals surface area contributed by atoms with Gasteiger partial charge in [-0.1, -0.05) is 0 Å². The summed E-state index contributed by atoms with van der Waals surface area (Å²) >= 11 is 0. The molecule has 0 aromatic heterocycles. The Morgan fingerprint density at radius 3 is 2.08 bits per heavy atom. The smallest absolute Gasteiger partial charge is 0.0657 e. The largest absolute Gasteiger partial charge is 0.390 e. The molecule has 4 rings (SSSR count). The summed E-state index contributed by atoms with van der Waals surface area (Å²) in [6.07, 6.45) is 5.62. The van der Waals surface area contributed by atoms with Gasteiger partial charge in [0.15, 0.2) is 0 Å². The number of hydrogen-bond acceptors (Lipinski definition) is 2. The molecule has 5 atom stereocenters. The summed E-state index contributed by atoms with van der Waals surface area (Å²) in [5.41, 5.74) is 5.82. The molecule has 0 aromatic rings. The van der Waals surface area contributed by atoms with Crippen molar-refractivity contribution in [3.8, 4) is 0 Å². The van der Waals surface area contributed by atoms with Crippen LogP contribution in [0.3, 0.4) is 0 Å². The van der Waals surface area contributed by atoms with Crippen LogP contribution in [0, 0.1) is 17.8 Å². The highest BCUT2D eigenvalue weighted by atomic mass is 35.5. The van der Waals surface area contributed by atoms with Crippen molar-refractivity contribution in [1.29, 1.82) is 0 Å². The van der Waals surface area contributed by atoms with E-state index < -0.39 is 0 Å². The summed E-state index contributed by atoms with van der Waals surface area (Å²) in [6, 6.07) is 0.404. The molecule has 0 amide bonds. The van der Waals surface area contributed by atoms with Gasteiger partial charge < -0.3 is 10.8 Å². The highest BCUT2D eigenvalue weighted by Crippen LogP contribution is 2.54. The molecule has 2 nitrogen and oxygen atoms in total. The molecule has 2 unspecified atom stereocenters. The Morgan fingerprint density at radius 2 is 1.62 bits per heavy atom. The van der Waals surface area contributed by atoms with Crippen molar-refractivity contribution in [1.82, 2.24) is 0 Å². The van der Waals surface area contributed by atoms with Gasteiger partial charge in [-0.15, -0.1) is 12.4 Å². The first-order chi connectivity index (χ1) is 5.66. The van der Waals surface area contributed by atoms with Crippen molar-refractivity contribution in [2.24, 2.45) is 23.5 Å². The van der Waals surface area contributed by atoms with E-state index in [0.29, 0.717) is 17.9 Å². The quantitative estimate of drug-likeness (QED) is 0.624. The minimum Gasteiger partial charge on any atom is -0.390 e. The fourth-order valence-corrected chi connectivity index (χ4v) is 4.02. The third kappa shape index (κ3) is 1.31. The lowest BCUT2D eigenvalue weighted by Gasteiger charge is -2.57. The molecule has 4 aliphatic carbocycles. The molecule has 4 aliphatic rings. The lowest BCUT2D eigenvalue weighted by molar-refractivity contribution is -0.132. The number of halogens is 1. The second-order valence-corrected chi connectivity index (χ2v) is 5.27. The van der Waals surface area contributed by atoms with Gasteiger partial charge in [-0.25, -0.2) is 0 Å². The van der Waals surface area contributed by atoms with Gasteiger partial charge in [-0.3, -0.25) is 0 Å². The molecule has 0 heterocycles. The van der Waals surface area contributed by atoms with E-state index in [1.807, 2.05) is 0 Å². The monoisotopic (exact) mass is 203 g/mol. The predicted octanol–water partition coefficient (Wildman–Crippen LogP) is 1.31. The Morgan fingerprint density at radius 1 is 1.08 bits per heavy atom. The summed E-state index contributed by atoms with van der Waals surface area (Å²) in [7, 11) is 0. The van der Waals surface area contributed by atoms with Crippen LogP contribution in [0.2, 0.25) is 0 Å². The highest BCUT2D eigenvalue weighted by Gasteiger charge is 2.53. The minimum absolute atomic E-state index is 0. The van der Waals surface area contributed by atoms with Crippen LogP contribution in [0.15, 0.2) is 0 Å². The average molecular weight is 204 g/mol. The Hall–Kier alpha value is 0.210. The van der Waals surface area contributed by atoms with Crippen LogP contribution in [0.5, 0.6) is 0 Å². The van der Waals surface area contributed by atoms with Gasteiger partial charge in [0, 0.05) is 6.04 Å². The molecule has 0 aromatic carbocycles. The summed E-state index contributed by atoms with van der Waals surface area (Å²) in [6.45, 7) is 0. The maximum absolute atomic E-state index is 10.2. The summed E-state index contributed by atoms with van der Waals surface area (Å²) in [4.78, 5) is 0. The van der Waals surface area contributed by atoms with Gasteiger partial charge in [0.1, 0.15) is 0 Å². The lowest BCUT2D eigenvalue weighted by Crippen LogP contribution is -2.59. The van der Waals surface area contributed by atoms with E-state index in [1.54, 1.807) is 0 Å². The van der Waals surface area contributed by atoms with Crippen LogP contribution in [-0.4, -0.2) is 16.7 Å². The number of hydrogen-bond donors (Lipinski definition) is 2. The molecule has 76 valence electrons. The van der Waals surface area contributed by atoms with E-state index in [2.05, 4.69) is 0 Å². The predicted molar refractivity (Wildman–Crippen MR) is 53.7 cm³/mol. The maximum Gasteiger partial charge on any atom is 0.0657 e. The molecular formula is C10H18ClNO. The van der Waals surface area contributed by atoms with Crippen LogP contribution < -0.4 is 5.73 Å². The van der Waals surface area contributed by atoms with Crippen molar-refractivity contribution in [2.75, 3.05) is 0 Å². The number of aliphatic hydroxyl groups is 1. The van der Waals surface area contributed by atoms with Crippen LogP contribution in [0.4, 0.5) is 0 Å². The first kappa shape index (κ1) is 9.75. The van der Waals surface area contributed by atoms with Gasteiger partial charge in [0.2, 0.25) is 0 Å². The third-order valence-corrected chi connectivity index (χ3v) is 4.31. The van der Waals surface area contributed by atoms with E-state index in [9.17, 15) is 5.11 Å². The zero-order valence-corrected chi connectivity index (χ0v) is 8.59. The first-order valence-electron chi connectivity index (χ1n) is 5.14. The second kappa shape index (κ2) is 2.85. The average Bonchev–Trinajstić information content (AvgIpc) is 1.96. The molecule has 4 saturated carbocycles. The molecule has 0 saturated heterocycles. The third-order valence-electron chi connectivity index (χ3n) is 4.31. The molecular weight excluding hydrogens is 186 g/mol. The molecule has 13 heavy (non-hydrogen) atoms. The van der Waals surface area contributed by atoms with Gasteiger partial charge >= 0.3 is 0 Å². The zero-order valence-electron chi connectivity index (χ0n) is 7.78. The molecule has 4 fully saturated rings. The Balaban J connectivity index is 0.000000653. The lowest BCUT2D eigenvalue weighted by atomic mass is 9.52. The second-order valence-electron chi connectivity index (χ2n) is 5.27.